The van der Waals surface area contributed by atoms with Crippen LogP contribution in [0.2, 0.25) is 0 Å². The van der Waals surface area contributed by atoms with E-state index in [0.29, 0.717) is 12.0 Å². The maximum atomic E-state index is 6.20. The van der Waals surface area contributed by atoms with Crippen molar-refractivity contribution in [2.45, 2.75) is 32.3 Å². The number of nitrogens with one attached hydrogen (secondary N) is 1. The van der Waals surface area contributed by atoms with E-state index in [1.165, 1.54) is 16.4 Å². The van der Waals surface area contributed by atoms with Crippen molar-refractivity contribution in [2.75, 3.05) is 13.1 Å². The number of ether oxygens (including phenoxy) is 1. The predicted molar refractivity (Wildman–Crippen MR) is 79.5 cm³/mol. The lowest BCUT2D eigenvalue weighted by atomic mass is 9.90. The topological polar surface area (TPSA) is 21.3 Å². The number of hydrogen-bond acceptors (Lipinski definition) is 2. The van der Waals surface area contributed by atoms with Crippen molar-refractivity contribution in [3.05, 3.63) is 27.8 Å². The van der Waals surface area contributed by atoms with E-state index in [4.69, 9.17) is 4.74 Å². The smallest absolute Gasteiger partial charge is 0.133 e. The van der Waals surface area contributed by atoms with Gasteiger partial charge in [0.05, 0.1) is 3.57 Å². The second-order valence-corrected chi connectivity index (χ2v) is 5.74. The Balaban J connectivity index is 2.01. The van der Waals surface area contributed by atoms with Crippen molar-refractivity contribution in [1.29, 1.82) is 0 Å². The van der Waals surface area contributed by atoms with Crippen LogP contribution in [0.5, 0.6) is 5.75 Å². The van der Waals surface area contributed by atoms with E-state index in [1.807, 2.05) is 6.07 Å². The van der Waals surface area contributed by atoms with E-state index in [0.717, 1.165) is 25.3 Å². The van der Waals surface area contributed by atoms with E-state index >= 15 is 0 Å². The molecule has 1 fully saturated rings. The third-order valence-electron chi connectivity index (χ3n) is 3.43. The fourth-order valence-corrected chi connectivity index (χ4v) is 2.95. The third kappa shape index (κ3) is 3.58. The summed E-state index contributed by atoms with van der Waals surface area (Å²) in [5.74, 6) is 1.75. The molecule has 2 rings (SSSR count). The van der Waals surface area contributed by atoms with Gasteiger partial charge in [0, 0.05) is 0 Å². The van der Waals surface area contributed by atoms with Crippen LogP contribution in [0.1, 0.15) is 26.2 Å². The van der Waals surface area contributed by atoms with Crippen LogP contribution in [0, 0.1) is 9.49 Å². The average molecular weight is 345 g/mol. The van der Waals surface area contributed by atoms with Gasteiger partial charge in [0.25, 0.3) is 0 Å². The van der Waals surface area contributed by atoms with E-state index in [2.05, 4.69) is 53.0 Å². The van der Waals surface area contributed by atoms with Gasteiger partial charge in [0.1, 0.15) is 11.9 Å². The number of benzene rings is 1. The third-order valence-corrected chi connectivity index (χ3v) is 4.32. The zero-order valence-corrected chi connectivity index (χ0v) is 12.4. The lowest BCUT2D eigenvalue weighted by Gasteiger charge is -2.30. The largest absolute Gasteiger partial charge is 0.489 e. The van der Waals surface area contributed by atoms with Crippen LogP contribution in [0.4, 0.5) is 0 Å². The van der Waals surface area contributed by atoms with Gasteiger partial charge in [-0.15, -0.1) is 0 Å². The summed E-state index contributed by atoms with van der Waals surface area (Å²) in [6, 6.07) is 8.28. The first kappa shape index (κ1) is 13.1. The van der Waals surface area contributed by atoms with Crippen LogP contribution >= 0.6 is 22.6 Å². The molecule has 0 bridgehead atoms. The first-order chi connectivity index (χ1) is 8.31. The molecule has 1 saturated heterocycles. The molecule has 1 aliphatic heterocycles. The lowest BCUT2D eigenvalue weighted by molar-refractivity contribution is 0.107. The Kier molecular flexibility index (Phi) is 5.10. The van der Waals surface area contributed by atoms with E-state index in [-0.39, 0.29) is 0 Å². The van der Waals surface area contributed by atoms with Crippen LogP contribution < -0.4 is 10.1 Å². The van der Waals surface area contributed by atoms with Crippen LogP contribution in [0.25, 0.3) is 0 Å². The molecule has 17 heavy (non-hydrogen) atoms. The SMILES string of the molecule is CCC(Oc1ccccc1I)C1CCNCC1. The highest BCUT2D eigenvalue weighted by Crippen LogP contribution is 2.27. The van der Waals surface area contributed by atoms with E-state index in [9.17, 15) is 0 Å². The molecule has 2 nitrogen and oxygen atoms in total. The van der Waals surface area contributed by atoms with Gasteiger partial charge in [-0.2, -0.15) is 0 Å². The molecule has 1 aromatic rings. The van der Waals surface area contributed by atoms with Crippen molar-refractivity contribution < 1.29 is 4.74 Å². The molecular formula is C14H20INO. The highest BCUT2D eigenvalue weighted by molar-refractivity contribution is 14.1. The van der Waals surface area contributed by atoms with Crippen LogP contribution in [0.15, 0.2) is 24.3 Å². The van der Waals surface area contributed by atoms with Crippen LogP contribution in [0.3, 0.4) is 0 Å². The summed E-state index contributed by atoms with van der Waals surface area (Å²) in [5, 5.41) is 3.41. The van der Waals surface area contributed by atoms with E-state index < -0.39 is 0 Å². The maximum Gasteiger partial charge on any atom is 0.133 e. The van der Waals surface area contributed by atoms with Gasteiger partial charge in [-0.1, -0.05) is 19.1 Å². The molecule has 0 saturated carbocycles. The van der Waals surface area contributed by atoms with Gasteiger partial charge < -0.3 is 10.1 Å². The molecule has 1 atom stereocenters. The number of halogens is 1. The standard InChI is InChI=1S/C14H20INO/c1-2-13(11-7-9-16-10-8-11)17-14-6-4-3-5-12(14)15/h3-6,11,13,16H,2,7-10H2,1H3. The van der Waals surface area contributed by atoms with Crippen molar-refractivity contribution in [2.24, 2.45) is 5.92 Å². The Morgan fingerprint density at radius 1 is 1.35 bits per heavy atom. The Hall–Kier alpha value is -0.290. The number of para-hydroxylation sites is 1. The first-order valence-electron chi connectivity index (χ1n) is 6.43. The van der Waals surface area contributed by atoms with Gasteiger partial charge >= 0.3 is 0 Å². The number of hydrogen-bond donors (Lipinski definition) is 1. The summed E-state index contributed by atoms with van der Waals surface area (Å²) in [4.78, 5) is 0. The highest BCUT2D eigenvalue weighted by Gasteiger charge is 2.24. The second-order valence-electron chi connectivity index (χ2n) is 4.58. The van der Waals surface area contributed by atoms with Crippen molar-refractivity contribution >= 4 is 22.6 Å². The molecule has 3 heteroatoms. The average Bonchev–Trinajstić information content (AvgIpc) is 2.39. The summed E-state index contributed by atoms with van der Waals surface area (Å²) in [5.41, 5.74) is 0. The van der Waals surface area contributed by atoms with Crippen molar-refractivity contribution in [3.63, 3.8) is 0 Å². The molecule has 0 aliphatic carbocycles. The van der Waals surface area contributed by atoms with Gasteiger partial charge in [-0.05, 0) is 73.0 Å². The van der Waals surface area contributed by atoms with Crippen molar-refractivity contribution in [1.82, 2.24) is 5.32 Å². The Morgan fingerprint density at radius 2 is 2.06 bits per heavy atom. The summed E-state index contributed by atoms with van der Waals surface area (Å²) in [6.07, 6.45) is 3.94. The molecule has 0 amide bonds. The Morgan fingerprint density at radius 3 is 2.71 bits per heavy atom. The summed E-state index contributed by atoms with van der Waals surface area (Å²) < 4.78 is 7.40. The molecule has 0 spiro atoms. The molecule has 94 valence electrons. The fraction of sp³-hybridized carbons (Fsp3) is 0.571. The molecule has 1 aromatic carbocycles. The maximum absolute atomic E-state index is 6.20. The molecule has 1 aliphatic rings. The van der Waals surface area contributed by atoms with Crippen molar-refractivity contribution in [3.8, 4) is 5.75 Å². The molecular weight excluding hydrogens is 325 g/mol. The summed E-state index contributed by atoms with van der Waals surface area (Å²) >= 11 is 2.34. The van der Waals surface area contributed by atoms with Gasteiger partial charge in [-0.3, -0.25) is 0 Å². The Bertz CT molecular complexity index is 350. The molecule has 0 aromatic heterocycles. The van der Waals surface area contributed by atoms with Crippen LogP contribution in [-0.2, 0) is 0 Å². The number of rotatable bonds is 4. The minimum absolute atomic E-state index is 0.369. The van der Waals surface area contributed by atoms with Crippen LogP contribution in [-0.4, -0.2) is 19.2 Å². The molecule has 1 N–H and O–H groups in total. The highest BCUT2D eigenvalue weighted by atomic mass is 127. The van der Waals surface area contributed by atoms with E-state index in [1.54, 1.807) is 0 Å². The van der Waals surface area contributed by atoms with Gasteiger partial charge in [0.15, 0.2) is 0 Å². The minimum Gasteiger partial charge on any atom is -0.489 e. The predicted octanol–water partition coefficient (Wildman–Crippen LogP) is 3.45. The zero-order valence-electron chi connectivity index (χ0n) is 10.3. The zero-order chi connectivity index (χ0) is 12.1. The minimum atomic E-state index is 0.369. The van der Waals surface area contributed by atoms with Gasteiger partial charge in [-0.25, -0.2) is 0 Å². The quantitative estimate of drug-likeness (QED) is 0.844. The van der Waals surface area contributed by atoms with Gasteiger partial charge in [0.2, 0.25) is 0 Å². The molecule has 1 unspecified atom stereocenters. The summed E-state index contributed by atoms with van der Waals surface area (Å²) in [7, 11) is 0. The monoisotopic (exact) mass is 345 g/mol. The first-order valence-corrected chi connectivity index (χ1v) is 7.51. The molecule has 1 heterocycles. The normalized spacial score (nSPS) is 18.9. The summed E-state index contributed by atoms with van der Waals surface area (Å²) in [6.45, 7) is 4.50. The fourth-order valence-electron chi connectivity index (χ4n) is 2.43. The number of piperidine rings is 1. The molecule has 0 radical (unpaired) electrons. The second kappa shape index (κ2) is 6.59. The lowest BCUT2D eigenvalue weighted by Crippen LogP contribution is -2.36. The Labute approximate surface area is 117 Å².